The summed E-state index contributed by atoms with van der Waals surface area (Å²) in [6.07, 6.45) is 2.90. The molecule has 152 valence electrons. The molecule has 9 nitrogen and oxygen atoms in total. The molecule has 1 aromatic heterocycles. The van der Waals surface area contributed by atoms with Crippen LogP contribution in [0.15, 0.2) is 36.5 Å². The minimum Gasteiger partial charge on any atom is -0.478 e. The number of rotatable bonds is 5. The van der Waals surface area contributed by atoms with Crippen molar-refractivity contribution in [3.63, 3.8) is 0 Å². The summed E-state index contributed by atoms with van der Waals surface area (Å²) in [6, 6.07) is 5.52. The lowest BCUT2D eigenvalue weighted by atomic mass is 9.97. The van der Waals surface area contributed by atoms with Crippen molar-refractivity contribution in [2.45, 2.75) is 40.3 Å². The predicted octanol–water partition coefficient (Wildman–Crippen LogP) is 2.05. The number of hydrogen-bond donors (Lipinski definition) is 3. The molecule has 4 N–H and O–H groups in total. The molecule has 0 aliphatic carbocycles. The van der Waals surface area contributed by atoms with Gasteiger partial charge < -0.3 is 20.7 Å². The second-order valence-electron chi connectivity index (χ2n) is 7.17. The van der Waals surface area contributed by atoms with Crippen molar-refractivity contribution in [1.29, 1.82) is 0 Å². The monoisotopic (exact) mass is 391 g/mol. The van der Waals surface area contributed by atoms with Gasteiger partial charge in [0.25, 0.3) is 0 Å². The van der Waals surface area contributed by atoms with E-state index in [-0.39, 0.29) is 12.0 Å². The van der Waals surface area contributed by atoms with Gasteiger partial charge in [0.2, 0.25) is 0 Å². The standard InChI is InChI=1S/C15H21N3O2.C4H4O4/c1-10(16)9-18-13-7-12(6-5-11(13)8-17-18)20-14(19)15(2,3)4;5-3(6)1-2-4(7)8/h5-8,10H,9,16H2,1-4H3;1-2H,(H,5,6)(H,7,8)/b;2-1+. The first-order valence-electron chi connectivity index (χ1n) is 8.47. The second kappa shape index (κ2) is 9.65. The summed E-state index contributed by atoms with van der Waals surface area (Å²) in [6.45, 7) is 8.04. The number of nitrogens with zero attached hydrogens (tertiary/aromatic N) is 2. The normalized spacial score (nSPS) is 12.3. The van der Waals surface area contributed by atoms with Crippen molar-refractivity contribution in [3.05, 3.63) is 36.5 Å². The number of carbonyl (C=O) groups is 3. The number of esters is 1. The third kappa shape index (κ3) is 7.58. The Kier molecular flexibility index (Phi) is 7.87. The zero-order valence-electron chi connectivity index (χ0n) is 16.2. The van der Waals surface area contributed by atoms with Crippen molar-refractivity contribution < 1.29 is 29.3 Å². The molecule has 0 radical (unpaired) electrons. The van der Waals surface area contributed by atoms with Crippen LogP contribution in [-0.4, -0.2) is 43.9 Å². The van der Waals surface area contributed by atoms with Crippen LogP contribution < -0.4 is 10.5 Å². The molecular formula is C19H25N3O6. The van der Waals surface area contributed by atoms with Gasteiger partial charge in [-0.05, 0) is 39.8 Å². The average Bonchev–Trinajstić information content (AvgIpc) is 2.94. The Hall–Kier alpha value is -3.20. The highest BCUT2D eigenvalue weighted by atomic mass is 16.5. The summed E-state index contributed by atoms with van der Waals surface area (Å²) in [5.74, 6) is -2.24. The zero-order valence-corrected chi connectivity index (χ0v) is 16.2. The van der Waals surface area contributed by atoms with E-state index in [0.717, 1.165) is 10.9 Å². The van der Waals surface area contributed by atoms with Crippen LogP contribution in [-0.2, 0) is 20.9 Å². The van der Waals surface area contributed by atoms with Gasteiger partial charge in [-0.1, -0.05) is 0 Å². The number of ether oxygens (including phenoxy) is 1. The first-order valence-corrected chi connectivity index (χ1v) is 8.47. The topological polar surface area (TPSA) is 145 Å². The molecule has 0 bridgehead atoms. The van der Waals surface area contributed by atoms with Crippen LogP contribution in [0.25, 0.3) is 10.9 Å². The van der Waals surface area contributed by atoms with E-state index >= 15 is 0 Å². The maximum absolute atomic E-state index is 11.9. The number of carboxylic acid groups (broad SMARTS) is 2. The van der Waals surface area contributed by atoms with Gasteiger partial charge in [0.1, 0.15) is 5.75 Å². The van der Waals surface area contributed by atoms with Crippen LogP contribution >= 0.6 is 0 Å². The average molecular weight is 391 g/mol. The molecule has 9 heteroatoms. The van der Waals surface area contributed by atoms with Crippen LogP contribution in [0.4, 0.5) is 0 Å². The highest BCUT2D eigenvalue weighted by Gasteiger charge is 2.23. The molecule has 0 aliphatic heterocycles. The third-order valence-electron chi connectivity index (χ3n) is 3.27. The van der Waals surface area contributed by atoms with E-state index in [4.69, 9.17) is 20.7 Å². The molecule has 1 atom stereocenters. The lowest BCUT2D eigenvalue weighted by Gasteiger charge is -2.16. The van der Waals surface area contributed by atoms with E-state index in [9.17, 15) is 14.4 Å². The van der Waals surface area contributed by atoms with Crippen molar-refractivity contribution in [2.24, 2.45) is 11.1 Å². The number of aliphatic carboxylic acids is 2. The SMILES string of the molecule is CC(N)Cn1ncc2ccc(OC(=O)C(C)(C)C)cc21.O=C(O)/C=C/C(=O)O. The zero-order chi connectivity index (χ0) is 21.5. The number of fused-ring (bicyclic) bond motifs is 1. The number of carbonyl (C=O) groups excluding carboxylic acids is 1. The lowest BCUT2D eigenvalue weighted by molar-refractivity contribution is -0.143. The summed E-state index contributed by atoms with van der Waals surface area (Å²) < 4.78 is 7.23. The first-order chi connectivity index (χ1) is 12.9. The Morgan fingerprint density at radius 3 is 2.25 bits per heavy atom. The van der Waals surface area contributed by atoms with Crippen molar-refractivity contribution in [3.8, 4) is 5.75 Å². The van der Waals surface area contributed by atoms with Gasteiger partial charge in [-0.15, -0.1) is 0 Å². The molecule has 0 fully saturated rings. The van der Waals surface area contributed by atoms with E-state index < -0.39 is 17.4 Å². The van der Waals surface area contributed by atoms with E-state index in [0.29, 0.717) is 24.4 Å². The summed E-state index contributed by atoms with van der Waals surface area (Å²) in [7, 11) is 0. The highest BCUT2D eigenvalue weighted by molar-refractivity contribution is 5.89. The Balaban J connectivity index is 0.000000416. The number of hydrogen-bond acceptors (Lipinski definition) is 6. The molecule has 1 heterocycles. The largest absolute Gasteiger partial charge is 0.478 e. The molecule has 28 heavy (non-hydrogen) atoms. The molecule has 1 unspecified atom stereocenters. The minimum atomic E-state index is -1.26. The van der Waals surface area contributed by atoms with Gasteiger partial charge in [-0.2, -0.15) is 5.10 Å². The third-order valence-corrected chi connectivity index (χ3v) is 3.27. The van der Waals surface area contributed by atoms with Crippen molar-refractivity contribution in [2.75, 3.05) is 0 Å². The number of nitrogens with two attached hydrogens (primary N) is 1. The second-order valence-corrected chi connectivity index (χ2v) is 7.17. The quantitative estimate of drug-likeness (QED) is 0.399. The van der Waals surface area contributed by atoms with Crippen LogP contribution in [0.2, 0.25) is 0 Å². The van der Waals surface area contributed by atoms with Gasteiger partial charge in [-0.3, -0.25) is 9.48 Å². The highest BCUT2D eigenvalue weighted by Crippen LogP contribution is 2.24. The molecular weight excluding hydrogens is 366 g/mol. The fourth-order valence-corrected chi connectivity index (χ4v) is 1.93. The Bertz CT molecular complexity index is 861. The van der Waals surface area contributed by atoms with Crippen molar-refractivity contribution >= 4 is 28.8 Å². The lowest BCUT2D eigenvalue weighted by Crippen LogP contribution is -2.25. The van der Waals surface area contributed by atoms with Crippen LogP contribution in [0.5, 0.6) is 5.75 Å². The summed E-state index contributed by atoms with van der Waals surface area (Å²) >= 11 is 0. The summed E-state index contributed by atoms with van der Waals surface area (Å²) in [4.78, 5) is 31.0. The van der Waals surface area contributed by atoms with Gasteiger partial charge in [0.15, 0.2) is 0 Å². The van der Waals surface area contributed by atoms with Crippen LogP contribution in [0.3, 0.4) is 0 Å². The molecule has 0 spiro atoms. The smallest absolute Gasteiger partial charge is 0.328 e. The van der Waals surface area contributed by atoms with Crippen molar-refractivity contribution in [1.82, 2.24) is 9.78 Å². The molecule has 2 rings (SSSR count). The van der Waals surface area contributed by atoms with Gasteiger partial charge >= 0.3 is 17.9 Å². The Morgan fingerprint density at radius 2 is 1.79 bits per heavy atom. The molecule has 0 aliphatic rings. The Labute approximate surface area is 162 Å². The van der Waals surface area contributed by atoms with E-state index in [2.05, 4.69) is 5.10 Å². The molecule has 2 aromatic rings. The molecule has 0 amide bonds. The van der Waals surface area contributed by atoms with Crippen LogP contribution in [0.1, 0.15) is 27.7 Å². The van der Waals surface area contributed by atoms with Crippen LogP contribution in [0, 0.1) is 5.41 Å². The number of aromatic nitrogens is 2. The van der Waals surface area contributed by atoms with Gasteiger partial charge in [-0.25, -0.2) is 9.59 Å². The fourth-order valence-electron chi connectivity index (χ4n) is 1.93. The maximum Gasteiger partial charge on any atom is 0.328 e. The minimum absolute atomic E-state index is 0.0129. The fraction of sp³-hybridized carbons (Fsp3) is 0.368. The van der Waals surface area contributed by atoms with E-state index in [1.54, 1.807) is 12.3 Å². The molecule has 0 saturated carbocycles. The van der Waals surface area contributed by atoms with Gasteiger partial charge in [0, 0.05) is 29.6 Å². The molecule has 0 saturated heterocycles. The van der Waals surface area contributed by atoms with Gasteiger partial charge in [0.05, 0.1) is 23.7 Å². The number of benzene rings is 1. The summed E-state index contributed by atoms with van der Waals surface area (Å²) in [5, 5.41) is 20.9. The Morgan fingerprint density at radius 1 is 1.21 bits per heavy atom. The van der Waals surface area contributed by atoms with E-state index in [1.807, 2.05) is 44.5 Å². The maximum atomic E-state index is 11.9. The predicted molar refractivity (Wildman–Crippen MR) is 103 cm³/mol. The van der Waals surface area contributed by atoms with E-state index in [1.165, 1.54) is 0 Å². The number of carboxylic acids is 2. The summed E-state index contributed by atoms with van der Waals surface area (Å²) in [5.41, 5.74) is 6.20. The first kappa shape index (κ1) is 22.8. The molecule has 1 aromatic carbocycles.